The summed E-state index contributed by atoms with van der Waals surface area (Å²) in [6.07, 6.45) is 1.96. The van der Waals surface area contributed by atoms with Crippen LogP contribution in [0.5, 0.6) is 5.75 Å². The van der Waals surface area contributed by atoms with Gasteiger partial charge in [-0.1, -0.05) is 26.0 Å². The average Bonchev–Trinajstić information content (AvgIpc) is 3.28. The van der Waals surface area contributed by atoms with E-state index in [9.17, 15) is 22.8 Å². The number of hydrogen-bond donors (Lipinski definition) is 2. The van der Waals surface area contributed by atoms with Crippen LogP contribution in [-0.4, -0.2) is 70.7 Å². The number of para-hydroxylation sites is 1. The molecule has 12 nitrogen and oxygen atoms in total. The summed E-state index contributed by atoms with van der Waals surface area (Å²) in [7, 11) is -3.08. The van der Waals surface area contributed by atoms with Gasteiger partial charge in [0.05, 0.1) is 35.9 Å². The minimum absolute atomic E-state index is 0.0607. The Bertz CT molecular complexity index is 1380. The molecule has 1 aromatic rings. The van der Waals surface area contributed by atoms with Gasteiger partial charge in [-0.25, -0.2) is 18.4 Å². The molecule has 0 spiro atoms. The predicted molar refractivity (Wildman–Crippen MR) is 162 cm³/mol. The molecule has 1 aromatic carbocycles. The number of methoxy groups -OCH3 is 1. The van der Waals surface area contributed by atoms with Crippen molar-refractivity contribution in [3.05, 3.63) is 29.3 Å². The molecule has 5 unspecified atom stereocenters. The summed E-state index contributed by atoms with van der Waals surface area (Å²) in [5.41, 5.74) is -0.460. The number of carbonyl (C=O) groups excluding carboxylic acids is 3. The third-order valence-corrected chi connectivity index (χ3v) is 10.3. The Hall–Kier alpha value is -2.68. The third-order valence-electron chi connectivity index (χ3n) is 9.43. The molecule has 5 atom stereocenters. The number of rotatable bonds is 12. The maximum atomic E-state index is 13.0. The van der Waals surface area contributed by atoms with Crippen LogP contribution in [0.1, 0.15) is 83.1 Å². The number of sulfonamides is 1. The molecule has 1 saturated heterocycles. The quantitative estimate of drug-likeness (QED) is 0.198. The number of nitrogens with two attached hydrogens (primary N) is 1. The maximum Gasteiger partial charge on any atom is 0.482 e. The van der Waals surface area contributed by atoms with Gasteiger partial charge in [0, 0.05) is 6.42 Å². The van der Waals surface area contributed by atoms with Crippen LogP contribution in [0.3, 0.4) is 0 Å². The van der Waals surface area contributed by atoms with E-state index in [0.717, 1.165) is 12.8 Å². The van der Waals surface area contributed by atoms with Crippen molar-refractivity contribution in [3.63, 3.8) is 0 Å². The van der Waals surface area contributed by atoms with Crippen LogP contribution in [0.2, 0.25) is 0 Å². The number of nitrogens with one attached hydrogen (secondary N) is 1. The molecule has 2 bridgehead atoms. The number of carbonyl (C=O) groups is 3. The van der Waals surface area contributed by atoms with E-state index < -0.39 is 52.8 Å². The largest absolute Gasteiger partial charge is 0.496 e. The normalized spacial score (nSPS) is 26.2. The summed E-state index contributed by atoms with van der Waals surface area (Å²) < 4.78 is 51.8. The molecule has 44 heavy (non-hydrogen) atoms. The first kappa shape index (κ1) is 34.2. The first-order valence-corrected chi connectivity index (χ1v) is 16.7. The Kier molecular flexibility index (Phi) is 9.80. The van der Waals surface area contributed by atoms with E-state index in [1.807, 2.05) is 0 Å². The molecule has 5 rings (SSSR count). The van der Waals surface area contributed by atoms with Crippen LogP contribution < -0.4 is 15.2 Å². The highest BCUT2D eigenvalue weighted by molar-refractivity contribution is 7.89. The van der Waals surface area contributed by atoms with Gasteiger partial charge in [-0.2, -0.15) is 0 Å². The third kappa shape index (κ3) is 7.24. The van der Waals surface area contributed by atoms with Crippen molar-refractivity contribution in [2.75, 3.05) is 19.7 Å². The highest BCUT2D eigenvalue weighted by Gasteiger charge is 2.68. The second-order valence-corrected chi connectivity index (χ2v) is 15.6. The van der Waals surface area contributed by atoms with E-state index >= 15 is 0 Å². The smallest absolute Gasteiger partial charge is 0.482 e. The van der Waals surface area contributed by atoms with Gasteiger partial charge in [-0.3, -0.25) is 9.59 Å². The number of esters is 2. The zero-order valence-electron chi connectivity index (χ0n) is 26.6. The molecular weight excluding hydrogens is 591 g/mol. The molecule has 4 aliphatic rings. The number of hydrogen-bond acceptors (Lipinski definition) is 10. The van der Waals surface area contributed by atoms with Crippen molar-refractivity contribution in [2.24, 2.45) is 27.8 Å². The summed E-state index contributed by atoms with van der Waals surface area (Å²) >= 11 is 0. The van der Waals surface area contributed by atoms with Gasteiger partial charge in [0.1, 0.15) is 11.3 Å². The molecule has 3 aliphatic carbocycles. The molecule has 1 heterocycles. The number of amides is 1. The molecule has 1 aliphatic heterocycles. The van der Waals surface area contributed by atoms with Crippen molar-refractivity contribution in [1.82, 2.24) is 5.32 Å². The van der Waals surface area contributed by atoms with Crippen molar-refractivity contribution in [3.8, 4) is 5.75 Å². The highest BCUT2D eigenvalue weighted by Crippen LogP contribution is 2.65. The van der Waals surface area contributed by atoms with Crippen LogP contribution in [0.4, 0.5) is 0 Å². The van der Waals surface area contributed by atoms with E-state index in [4.69, 9.17) is 28.7 Å². The minimum atomic E-state index is -3.71. The van der Waals surface area contributed by atoms with Gasteiger partial charge in [-0.05, 0) is 82.3 Å². The number of ether oxygens (including phenoxy) is 3. The second kappa shape index (κ2) is 12.6. The van der Waals surface area contributed by atoms with Gasteiger partial charge < -0.3 is 28.8 Å². The van der Waals surface area contributed by atoms with E-state index in [1.54, 1.807) is 32.9 Å². The Morgan fingerprint density at radius 1 is 1.16 bits per heavy atom. The van der Waals surface area contributed by atoms with Gasteiger partial charge in [0.25, 0.3) is 0 Å². The molecule has 244 valence electrons. The van der Waals surface area contributed by atoms with Crippen LogP contribution in [0, 0.1) is 22.7 Å². The number of primary sulfonamides is 1. The lowest BCUT2D eigenvalue weighted by Gasteiger charge is -2.64. The Balaban J connectivity index is 1.53. The van der Waals surface area contributed by atoms with E-state index in [0.29, 0.717) is 17.4 Å². The maximum absolute atomic E-state index is 13.0. The first-order valence-electron chi connectivity index (χ1n) is 15.0. The van der Waals surface area contributed by atoms with Crippen LogP contribution in [0.15, 0.2) is 18.2 Å². The SMILES string of the molecule is COc1c(CC(NC(=O)CCCS(N)(=O)=O)B2OC3CC4CC(C4(C)C)C3(C)O2)cccc1C(=O)OCOC(=O)C(C)(C)C. The summed E-state index contributed by atoms with van der Waals surface area (Å²) in [5, 5.41) is 8.08. The molecule has 4 fully saturated rings. The summed E-state index contributed by atoms with van der Waals surface area (Å²) in [5.74, 6) is -1.58. The fourth-order valence-corrected chi connectivity index (χ4v) is 7.36. The van der Waals surface area contributed by atoms with Gasteiger partial charge in [0.2, 0.25) is 22.7 Å². The molecule has 0 radical (unpaired) electrons. The lowest BCUT2D eigenvalue weighted by atomic mass is 9.43. The molecule has 3 N–H and O–H groups in total. The van der Waals surface area contributed by atoms with Gasteiger partial charge in [0.15, 0.2) is 0 Å². The van der Waals surface area contributed by atoms with Crippen LogP contribution >= 0.6 is 0 Å². The number of benzene rings is 1. The zero-order valence-corrected chi connectivity index (χ0v) is 27.5. The van der Waals surface area contributed by atoms with Crippen molar-refractivity contribution in [1.29, 1.82) is 0 Å². The van der Waals surface area contributed by atoms with E-state index in [2.05, 4.69) is 26.1 Å². The monoisotopic (exact) mass is 636 g/mol. The summed E-state index contributed by atoms with van der Waals surface area (Å²) in [4.78, 5) is 38.0. The lowest BCUT2D eigenvalue weighted by Crippen LogP contribution is -2.65. The summed E-state index contributed by atoms with van der Waals surface area (Å²) in [6, 6.07) is 4.96. The van der Waals surface area contributed by atoms with Crippen molar-refractivity contribution in [2.45, 2.75) is 91.3 Å². The predicted octanol–water partition coefficient (Wildman–Crippen LogP) is 2.76. The Labute approximate surface area is 260 Å². The summed E-state index contributed by atoms with van der Waals surface area (Å²) in [6.45, 7) is 11.1. The first-order chi connectivity index (χ1) is 20.4. The highest BCUT2D eigenvalue weighted by atomic mass is 32.2. The van der Waals surface area contributed by atoms with E-state index in [-0.39, 0.29) is 53.8 Å². The fourth-order valence-electron chi connectivity index (χ4n) is 6.81. The standard InChI is InChI=1S/C30H45BN2O10S/c1-28(2,3)27(36)41-17-40-26(35)20-11-8-10-18(25(20)39-7)14-23(33-24(34)12-9-13-44(32,37)38)31-42-22-16-19-15-21(29(19,4)5)30(22,6)43-31/h8,10-11,19,21-23H,9,12-17H2,1-7H3,(H,33,34)(H2,32,37,38). The average molecular weight is 637 g/mol. The lowest BCUT2D eigenvalue weighted by molar-refractivity contribution is -0.199. The minimum Gasteiger partial charge on any atom is -0.496 e. The van der Waals surface area contributed by atoms with Gasteiger partial charge in [-0.15, -0.1) is 0 Å². The topological polar surface area (TPSA) is 170 Å². The molecule has 14 heteroatoms. The molecule has 0 aromatic heterocycles. The van der Waals surface area contributed by atoms with Crippen LogP contribution in [-0.2, 0) is 44.8 Å². The molecule has 3 saturated carbocycles. The Morgan fingerprint density at radius 2 is 1.86 bits per heavy atom. The Morgan fingerprint density at radius 3 is 2.48 bits per heavy atom. The fraction of sp³-hybridized carbons (Fsp3) is 0.700. The second-order valence-electron chi connectivity index (χ2n) is 13.9. The zero-order chi connectivity index (χ0) is 32.7. The van der Waals surface area contributed by atoms with Crippen LogP contribution in [0.25, 0.3) is 0 Å². The van der Waals surface area contributed by atoms with Crippen molar-refractivity contribution < 1.29 is 46.3 Å². The van der Waals surface area contributed by atoms with E-state index in [1.165, 1.54) is 13.2 Å². The van der Waals surface area contributed by atoms with Crippen molar-refractivity contribution >= 4 is 35.0 Å². The van der Waals surface area contributed by atoms with Gasteiger partial charge >= 0.3 is 19.1 Å². The molecule has 1 amide bonds. The molecular formula is C30H45BN2O10S.